The van der Waals surface area contributed by atoms with Crippen LogP contribution in [0.1, 0.15) is 138 Å². The molecule has 8 fully saturated rings. The zero-order chi connectivity index (χ0) is 30.2. The van der Waals surface area contributed by atoms with Crippen LogP contribution in [-0.4, -0.2) is 0 Å². The van der Waals surface area contributed by atoms with Gasteiger partial charge in [-0.3, -0.25) is 0 Å². The smallest absolute Gasteiger partial charge is 0.0260 e. The van der Waals surface area contributed by atoms with E-state index in [0.717, 1.165) is 45.9 Å². The fraction of sp³-hybridized carbons (Fsp3) is 0.545. The van der Waals surface area contributed by atoms with Gasteiger partial charge >= 0.3 is 0 Å². The van der Waals surface area contributed by atoms with E-state index in [-0.39, 0.29) is 10.8 Å². The number of hydrogen-bond acceptors (Lipinski definition) is 0. The molecule has 0 radical (unpaired) electrons. The molecule has 0 aromatic heterocycles. The molecule has 2 unspecified atom stereocenters. The summed E-state index contributed by atoms with van der Waals surface area (Å²) in [4.78, 5) is 0. The molecular weight excluding hydrogens is 528 g/mol. The van der Waals surface area contributed by atoms with Crippen molar-refractivity contribution in [1.29, 1.82) is 0 Å². The number of benzene rings is 2. The molecule has 0 aliphatic heterocycles. The van der Waals surface area contributed by atoms with Crippen LogP contribution in [0.3, 0.4) is 0 Å². The van der Waals surface area contributed by atoms with Gasteiger partial charge in [0.25, 0.3) is 0 Å². The molecular formula is C44H46. The van der Waals surface area contributed by atoms with E-state index in [9.17, 15) is 0 Å². The molecule has 8 saturated carbocycles. The van der Waals surface area contributed by atoms with Crippen molar-refractivity contribution in [2.24, 2.45) is 34.5 Å². The van der Waals surface area contributed by atoms with Gasteiger partial charge in [-0.25, -0.2) is 0 Å². The summed E-state index contributed by atoms with van der Waals surface area (Å²) in [6, 6.07) is 14.3. The summed E-state index contributed by atoms with van der Waals surface area (Å²) in [5.41, 5.74) is 8.87. The lowest BCUT2D eigenvalue weighted by Crippen LogP contribution is -2.67. The van der Waals surface area contributed by atoms with Gasteiger partial charge in [0.15, 0.2) is 0 Å². The maximum absolute atomic E-state index is 3.43. The molecule has 0 N–H and O–H groups in total. The standard InChI is InChI=1S/C44H46/c1-5-9-31-13-32(10-6-2)19-39(18-31)41-22-38-23-42(28-41,40-20-33(11-7-3)14-34(21-40)12-8-4)30-44(27-38,29-41)43-24-35-15-36(25-43)17-37(16-35)26-43/h13-14,18-21,35-38H,15-17,22-30H2,1-4H3. The van der Waals surface area contributed by atoms with Gasteiger partial charge in [0, 0.05) is 22.3 Å². The average molecular weight is 575 g/mol. The molecule has 222 valence electrons. The molecule has 44 heavy (non-hydrogen) atoms. The first kappa shape index (κ1) is 28.2. The first-order valence-electron chi connectivity index (χ1n) is 17.4. The van der Waals surface area contributed by atoms with E-state index >= 15 is 0 Å². The van der Waals surface area contributed by atoms with Crippen LogP contribution in [0.2, 0.25) is 0 Å². The molecule has 0 amide bonds. The quantitative estimate of drug-likeness (QED) is 0.320. The van der Waals surface area contributed by atoms with E-state index in [1.54, 1.807) is 0 Å². The van der Waals surface area contributed by atoms with Gasteiger partial charge in [-0.15, -0.1) is 23.7 Å². The van der Waals surface area contributed by atoms with Crippen LogP contribution in [0.4, 0.5) is 0 Å². The highest BCUT2D eigenvalue weighted by Crippen LogP contribution is 2.79. The Kier molecular flexibility index (Phi) is 6.47. The monoisotopic (exact) mass is 574 g/mol. The van der Waals surface area contributed by atoms with Gasteiger partial charge in [-0.1, -0.05) is 23.7 Å². The summed E-state index contributed by atoms with van der Waals surface area (Å²) in [6.45, 7) is 7.84. The first-order chi connectivity index (χ1) is 21.3. The Balaban J connectivity index is 1.35. The average Bonchev–Trinajstić information content (AvgIpc) is 2.96. The van der Waals surface area contributed by atoms with E-state index in [1.807, 2.05) is 27.7 Å². The second-order valence-electron chi connectivity index (χ2n) is 16.1. The minimum atomic E-state index is 0.168. The summed E-state index contributed by atoms with van der Waals surface area (Å²) in [5, 5.41) is 0. The Hall–Kier alpha value is -3.32. The van der Waals surface area contributed by atoms with Gasteiger partial charge in [-0.2, -0.15) is 0 Å². The molecule has 10 rings (SSSR count). The van der Waals surface area contributed by atoms with Crippen LogP contribution in [0.5, 0.6) is 0 Å². The van der Waals surface area contributed by atoms with Crippen molar-refractivity contribution >= 4 is 0 Å². The van der Waals surface area contributed by atoms with Gasteiger partial charge in [0.05, 0.1) is 0 Å². The Morgan fingerprint density at radius 1 is 0.432 bits per heavy atom. The van der Waals surface area contributed by atoms with Crippen molar-refractivity contribution in [3.8, 4) is 47.4 Å². The van der Waals surface area contributed by atoms with Crippen LogP contribution in [0, 0.1) is 81.9 Å². The van der Waals surface area contributed by atoms with E-state index in [1.165, 1.54) is 88.2 Å². The van der Waals surface area contributed by atoms with Crippen molar-refractivity contribution < 1.29 is 0 Å². The maximum atomic E-state index is 3.43. The third kappa shape index (κ3) is 4.25. The molecule has 0 heterocycles. The third-order valence-corrected chi connectivity index (χ3v) is 13.4. The zero-order valence-corrected chi connectivity index (χ0v) is 27.3. The van der Waals surface area contributed by atoms with Crippen LogP contribution < -0.4 is 0 Å². The fourth-order valence-corrected chi connectivity index (χ4v) is 13.2. The largest absolute Gasteiger partial charge is 0.101 e. The number of hydrogen-bond donors (Lipinski definition) is 0. The number of rotatable bonds is 3. The predicted octanol–water partition coefficient (Wildman–Crippen LogP) is 9.55. The fourth-order valence-electron chi connectivity index (χ4n) is 13.2. The Bertz CT molecular complexity index is 1570. The molecule has 8 aliphatic carbocycles. The van der Waals surface area contributed by atoms with Crippen molar-refractivity contribution in [3.05, 3.63) is 69.8 Å². The van der Waals surface area contributed by atoms with Gasteiger partial charge in [0.2, 0.25) is 0 Å². The molecule has 0 heteroatoms. The van der Waals surface area contributed by atoms with Gasteiger partial charge in [0.1, 0.15) is 0 Å². The van der Waals surface area contributed by atoms with Crippen LogP contribution in [0.15, 0.2) is 36.4 Å². The summed E-state index contributed by atoms with van der Waals surface area (Å²) >= 11 is 0. The molecule has 2 aromatic carbocycles. The summed E-state index contributed by atoms with van der Waals surface area (Å²) in [7, 11) is 0. The SMILES string of the molecule is CC#Cc1cc(C#CC)cc(C23CC4CC(c5cc(C#CC)cc(C#CC)c5)(C2)CC(C25CC6CC(CC(C6)C2)C5)(C4)C3)c1. The van der Waals surface area contributed by atoms with Crippen LogP contribution in [0.25, 0.3) is 0 Å². The summed E-state index contributed by atoms with van der Waals surface area (Å²) in [5.74, 6) is 30.2. The summed E-state index contributed by atoms with van der Waals surface area (Å²) in [6.07, 6.45) is 17.1. The zero-order valence-electron chi connectivity index (χ0n) is 27.3. The lowest BCUT2D eigenvalue weighted by Gasteiger charge is -2.75. The molecule has 8 aliphatic rings. The van der Waals surface area contributed by atoms with E-state index in [4.69, 9.17) is 0 Å². The van der Waals surface area contributed by atoms with Crippen molar-refractivity contribution in [1.82, 2.24) is 0 Å². The lowest BCUT2D eigenvalue weighted by atomic mass is 9.29. The molecule has 0 saturated heterocycles. The normalized spacial score (nSPS) is 38.4. The van der Waals surface area contributed by atoms with Crippen LogP contribution in [-0.2, 0) is 10.8 Å². The van der Waals surface area contributed by atoms with Gasteiger partial charge < -0.3 is 0 Å². The molecule has 0 nitrogen and oxygen atoms in total. The highest BCUT2D eigenvalue weighted by Gasteiger charge is 2.71. The topological polar surface area (TPSA) is 0 Å². The second kappa shape index (κ2) is 10.1. The van der Waals surface area contributed by atoms with Crippen molar-refractivity contribution in [3.63, 3.8) is 0 Å². The van der Waals surface area contributed by atoms with Crippen molar-refractivity contribution in [2.75, 3.05) is 0 Å². The third-order valence-electron chi connectivity index (χ3n) is 13.4. The second-order valence-corrected chi connectivity index (χ2v) is 16.1. The Morgan fingerprint density at radius 3 is 1.16 bits per heavy atom. The minimum absolute atomic E-state index is 0.168. The van der Waals surface area contributed by atoms with E-state index in [0.29, 0.717) is 10.8 Å². The molecule has 2 atom stereocenters. The lowest BCUT2D eigenvalue weighted by molar-refractivity contribution is -0.213. The van der Waals surface area contributed by atoms with E-state index < -0.39 is 0 Å². The predicted molar refractivity (Wildman–Crippen MR) is 181 cm³/mol. The van der Waals surface area contributed by atoms with Crippen LogP contribution >= 0.6 is 0 Å². The molecule has 8 bridgehead atoms. The van der Waals surface area contributed by atoms with Crippen molar-refractivity contribution in [2.45, 2.75) is 116 Å². The summed E-state index contributed by atoms with van der Waals surface area (Å²) < 4.78 is 0. The highest BCUT2D eigenvalue weighted by atomic mass is 14.7. The highest BCUT2D eigenvalue weighted by molar-refractivity contribution is 5.53. The maximum Gasteiger partial charge on any atom is 0.0260 e. The Morgan fingerprint density at radius 2 is 0.795 bits per heavy atom. The van der Waals surface area contributed by atoms with E-state index in [2.05, 4.69) is 83.8 Å². The minimum Gasteiger partial charge on any atom is -0.101 e. The molecule has 0 spiro atoms. The Labute approximate surface area is 266 Å². The van der Waals surface area contributed by atoms with Gasteiger partial charge in [-0.05, 0) is 198 Å². The molecule has 2 aromatic rings. The first-order valence-corrected chi connectivity index (χ1v) is 17.4.